The van der Waals surface area contributed by atoms with Crippen molar-refractivity contribution in [3.8, 4) is 11.5 Å². The SMILES string of the molecule is COCCCNC(=O)C(=O)N/N=C\c1cc(I)c(O)c(OC)c1. The van der Waals surface area contributed by atoms with Crippen molar-refractivity contribution in [1.82, 2.24) is 10.7 Å². The minimum atomic E-state index is -0.862. The number of halogens is 1. The highest BCUT2D eigenvalue weighted by atomic mass is 127. The lowest BCUT2D eigenvalue weighted by atomic mass is 10.2. The first-order valence-electron chi connectivity index (χ1n) is 6.66. The first-order valence-corrected chi connectivity index (χ1v) is 7.74. The number of hydrogen-bond donors (Lipinski definition) is 3. The van der Waals surface area contributed by atoms with Crippen molar-refractivity contribution in [2.75, 3.05) is 27.4 Å². The Hall–Kier alpha value is -1.88. The van der Waals surface area contributed by atoms with Crippen LogP contribution >= 0.6 is 22.6 Å². The van der Waals surface area contributed by atoms with Gasteiger partial charge in [-0.15, -0.1) is 0 Å². The van der Waals surface area contributed by atoms with Gasteiger partial charge in [-0.2, -0.15) is 5.10 Å². The number of ether oxygens (including phenoxy) is 2. The molecule has 0 aliphatic heterocycles. The molecule has 1 aromatic rings. The van der Waals surface area contributed by atoms with Crippen molar-refractivity contribution in [2.24, 2.45) is 5.10 Å². The molecule has 0 heterocycles. The van der Waals surface area contributed by atoms with Crippen molar-refractivity contribution in [3.05, 3.63) is 21.3 Å². The van der Waals surface area contributed by atoms with E-state index in [-0.39, 0.29) is 5.75 Å². The number of methoxy groups -OCH3 is 2. The Labute approximate surface area is 147 Å². The molecule has 9 heteroatoms. The summed E-state index contributed by atoms with van der Waals surface area (Å²) in [5, 5.41) is 15.9. The molecule has 0 radical (unpaired) electrons. The highest BCUT2D eigenvalue weighted by Crippen LogP contribution is 2.31. The number of carbonyl (C=O) groups is 2. The zero-order chi connectivity index (χ0) is 17.2. The van der Waals surface area contributed by atoms with Gasteiger partial charge in [0.15, 0.2) is 11.5 Å². The highest BCUT2D eigenvalue weighted by molar-refractivity contribution is 14.1. The average molecular weight is 435 g/mol. The van der Waals surface area contributed by atoms with Crippen LogP contribution in [-0.2, 0) is 14.3 Å². The molecule has 1 aromatic carbocycles. The summed E-state index contributed by atoms with van der Waals surface area (Å²) in [5.74, 6) is -1.31. The zero-order valence-corrected chi connectivity index (χ0v) is 14.9. The molecule has 0 aromatic heterocycles. The third kappa shape index (κ3) is 6.40. The van der Waals surface area contributed by atoms with Gasteiger partial charge in [0.25, 0.3) is 0 Å². The second-order valence-corrected chi connectivity index (χ2v) is 5.52. The van der Waals surface area contributed by atoms with E-state index in [1.807, 2.05) is 22.6 Å². The third-order valence-corrected chi connectivity index (χ3v) is 3.49. The van der Waals surface area contributed by atoms with Gasteiger partial charge in [0.2, 0.25) is 0 Å². The minimum Gasteiger partial charge on any atom is -0.504 e. The molecule has 0 bridgehead atoms. The maximum absolute atomic E-state index is 11.5. The molecule has 2 amide bonds. The van der Waals surface area contributed by atoms with Crippen LogP contribution < -0.4 is 15.5 Å². The topological polar surface area (TPSA) is 109 Å². The van der Waals surface area contributed by atoms with Gasteiger partial charge in [0, 0.05) is 20.3 Å². The van der Waals surface area contributed by atoms with E-state index in [1.165, 1.54) is 13.3 Å². The predicted molar refractivity (Wildman–Crippen MR) is 92.6 cm³/mol. The number of rotatable bonds is 7. The second kappa shape index (κ2) is 10.0. The molecule has 0 saturated heterocycles. The molecule has 3 N–H and O–H groups in total. The number of benzene rings is 1. The van der Waals surface area contributed by atoms with E-state index in [0.717, 1.165) is 0 Å². The molecule has 0 aliphatic carbocycles. The van der Waals surface area contributed by atoms with Gasteiger partial charge in [-0.1, -0.05) is 0 Å². The van der Waals surface area contributed by atoms with Gasteiger partial charge >= 0.3 is 11.8 Å². The van der Waals surface area contributed by atoms with Crippen LogP contribution in [0.1, 0.15) is 12.0 Å². The molecular weight excluding hydrogens is 417 g/mol. The molecule has 0 spiro atoms. The summed E-state index contributed by atoms with van der Waals surface area (Å²) in [6.45, 7) is 0.846. The summed E-state index contributed by atoms with van der Waals surface area (Å²) >= 11 is 1.94. The largest absolute Gasteiger partial charge is 0.504 e. The lowest BCUT2D eigenvalue weighted by Crippen LogP contribution is -2.38. The van der Waals surface area contributed by atoms with Gasteiger partial charge in [-0.25, -0.2) is 5.43 Å². The summed E-state index contributed by atoms with van der Waals surface area (Å²) < 4.78 is 10.4. The fourth-order valence-electron chi connectivity index (χ4n) is 1.54. The summed E-state index contributed by atoms with van der Waals surface area (Å²) in [6, 6.07) is 3.21. The van der Waals surface area contributed by atoms with E-state index in [0.29, 0.717) is 34.5 Å². The molecule has 0 aliphatic rings. The zero-order valence-electron chi connectivity index (χ0n) is 12.8. The van der Waals surface area contributed by atoms with Crippen molar-refractivity contribution in [1.29, 1.82) is 0 Å². The lowest BCUT2D eigenvalue weighted by molar-refractivity contribution is -0.139. The van der Waals surface area contributed by atoms with E-state index in [1.54, 1.807) is 19.2 Å². The second-order valence-electron chi connectivity index (χ2n) is 4.35. The number of carbonyl (C=O) groups excluding carboxylic acids is 2. The van der Waals surface area contributed by atoms with Gasteiger partial charge in [-0.3, -0.25) is 9.59 Å². The molecule has 1 rings (SSSR count). The van der Waals surface area contributed by atoms with E-state index in [9.17, 15) is 14.7 Å². The third-order valence-electron chi connectivity index (χ3n) is 2.67. The summed E-state index contributed by atoms with van der Waals surface area (Å²) in [7, 11) is 2.99. The molecule has 8 nitrogen and oxygen atoms in total. The Kier molecular flexibility index (Phi) is 8.33. The number of amides is 2. The lowest BCUT2D eigenvalue weighted by Gasteiger charge is -2.06. The number of hydrazone groups is 1. The minimum absolute atomic E-state index is 0.0322. The van der Waals surface area contributed by atoms with Gasteiger partial charge in [-0.05, 0) is 46.7 Å². The first-order chi connectivity index (χ1) is 11.0. The standard InChI is InChI=1S/C14H18IN3O5/c1-22-5-3-4-16-13(20)14(21)18-17-8-9-6-10(15)12(19)11(7-9)23-2/h6-8,19H,3-5H2,1-2H3,(H,16,20)(H,18,21)/b17-8-. The van der Waals surface area contributed by atoms with Crippen molar-refractivity contribution in [2.45, 2.75) is 6.42 Å². The van der Waals surface area contributed by atoms with Crippen molar-refractivity contribution in [3.63, 3.8) is 0 Å². The predicted octanol–water partition coefficient (Wildman–Crippen LogP) is 0.608. The molecule has 0 fully saturated rings. The average Bonchev–Trinajstić information content (AvgIpc) is 2.54. The van der Waals surface area contributed by atoms with Gasteiger partial charge < -0.3 is 19.9 Å². The Morgan fingerprint density at radius 1 is 1.35 bits per heavy atom. The first kappa shape index (κ1) is 19.2. The number of nitrogens with one attached hydrogen (secondary N) is 2. The highest BCUT2D eigenvalue weighted by Gasteiger charge is 2.11. The van der Waals surface area contributed by atoms with E-state index in [4.69, 9.17) is 9.47 Å². The van der Waals surface area contributed by atoms with Crippen LogP contribution in [0.4, 0.5) is 0 Å². The quantitative estimate of drug-likeness (QED) is 0.191. The number of hydrogen-bond acceptors (Lipinski definition) is 6. The molecule has 0 unspecified atom stereocenters. The molecular formula is C14H18IN3O5. The normalized spacial score (nSPS) is 10.6. The van der Waals surface area contributed by atoms with E-state index >= 15 is 0 Å². The maximum Gasteiger partial charge on any atom is 0.329 e. The Balaban J connectivity index is 2.54. The van der Waals surface area contributed by atoms with Crippen LogP contribution in [0.2, 0.25) is 0 Å². The van der Waals surface area contributed by atoms with Crippen molar-refractivity contribution < 1.29 is 24.2 Å². The Morgan fingerprint density at radius 2 is 2.09 bits per heavy atom. The molecule has 0 atom stereocenters. The monoisotopic (exact) mass is 435 g/mol. The van der Waals surface area contributed by atoms with Crippen LogP contribution in [0.15, 0.2) is 17.2 Å². The molecule has 23 heavy (non-hydrogen) atoms. The number of aromatic hydroxyl groups is 1. The fourth-order valence-corrected chi connectivity index (χ4v) is 2.16. The number of phenolic OH excluding ortho intramolecular Hbond substituents is 1. The van der Waals surface area contributed by atoms with Gasteiger partial charge in [0.1, 0.15) is 0 Å². The molecule has 0 saturated carbocycles. The molecule has 126 valence electrons. The fraction of sp³-hybridized carbons (Fsp3) is 0.357. The van der Waals surface area contributed by atoms with Crippen LogP contribution in [0.3, 0.4) is 0 Å². The van der Waals surface area contributed by atoms with Gasteiger partial charge in [0.05, 0.1) is 16.9 Å². The number of phenols is 1. The summed E-state index contributed by atoms with van der Waals surface area (Å²) in [4.78, 5) is 23.0. The van der Waals surface area contributed by atoms with Crippen molar-refractivity contribution >= 4 is 40.6 Å². The summed E-state index contributed by atoms with van der Waals surface area (Å²) in [5.41, 5.74) is 2.73. The van der Waals surface area contributed by atoms with Crippen LogP contribution in [-0.4, -0.2) is 50.5 Å². The number of nitrogens with zero attached hydrogens (tertiary/aromatic N) is 1. The van der Waals surface area contributed by atoms with E-state index in [2.05, 4.69) is 15.8 Å². The smallest absolute Gasteiger partial charge is 0.329 e. The van der Waals surface area contributed by atoms with Crippen LogP contribution in [0.25, 0.3) is 0 Å². The summed E-state index contributed by atoms with van der Waals surface area (Å²) in [6.07, 6.45) is 1.96. The Bertz CT molecular complexity index is 592. The Morgan fingerprint density at radius 3 is 2.74 bits per heavy atom. The van der Waals surface area contributed by atoms with Crippen LogP contribution in [0, 0.1) is 3.57 Å². The van der Waals surface area contributed by atoms with E-state index < -0.39 is 11.8 Å². The van der Waals surface area contributed by atoms with Crippen LogP contribution in [0.5, 0.6) is 11.5 Å². The maximum atomic E-state index is 11.5.